The van der Waals surface area contributed by atoms with Crippen LogP contribution in [0.1, 0.15) is 32.1 Å². The molecule has 2 atom stereocenters. The van der Waals surface area contributed by atoms with Crippen molar-refractivity contribution in [2.24, 2.45) is 23.5 Å². The van der Waals surface area contributed by atoms with Gasteiger partial charge in [-0.15, -0.1) is 12.4 Å². The van der Waals surface area contributed by atoms with Gasteiger partial charge in [0.1, 0.15) is 12.4 Å². The topological polar surface area (TPSA) is 64.4 Å². The molecule has 140 valence electrons. The summed E-state index contributed by atoms with van der Waals surface area (Å²) in [7, 11) is 0. The van der Waals surface area contributed by atoms with Gasteiger partial charge in [-0.1, -0.05) is 6.42 Å². The molecule has 0 aliphatic heterocycles. The van der Waals surface area contributed by atoms with Gasteiger partial charge in [-0.3, -0.25) is 4.79 Å². The second kappa shape index (κ2) is 8.81. The molecule has 7 heteroatoms. The van der Waals surface area contributed by atoms with Crippen LogP contribution in [0, 0.1) is 29.4 Å². The number of ether oxygens (including phenoxy) is 1. The van der Waals surface area contributed by atoms with Gasteiger partial charge in [-0.2, -0.15) is 0 Å². The van der Waals surface area contributed by atoms with Crippen LogP contribution in [0.2, 0.25) is 0 Å². The van der Waals surface area contributed by atoms with Crippen LogP contribution in [-0.2, 0) is 4.79 Å². The van der Waals surface area contributed by atoms with Gasteiger partial charge in [0.25, 0.3) is 0 Å². The first-order chi connectivity index (χ1) is 11.5. The van der Waals surface area contributed by atoms with Crippen LogP contribution >= 0.6 is 12.4 Å². The number of halogens is 3. The van der Waals surface area contributed by atoms with E-state index >= 15 is 0 Å². The Balaban J connectivity index is 0.00000225. The van der Waals surface area contributed by atoms with Gasteiger partial charge in [-0.25, -0.2) is 8.78 Å². The van der Waals surface area contributed by atoms with Crippen molar-refractivity contribution in [3.05, 3.63) is 29.8 Å². The number of hydrogen-bond donors (Lipinski definition) is 2. The minimum atomic E-state index is -0.740. The highest BCUT2D eigenvalue weighted by atomic mass is 35.5. The molecular weight excluding hydrogens is 350 g/mol. The number of hydrogen-bond acceptors (Lipinski definition) is 3. The SMILES string of the molecule is Cl.NC1C2CCCC1CC(C(=O)NCCOc1ccc(F)cc1F)C2. The molecule has 0 aromatic heterocycles. The second-order valence-electron chi connectivity index (χ2n) is 6.91. The van der Waals surface area contributed by atoms with E-state index in [2.05, 4.69) is 5.32 Å². The van der Waals surface area contributed by atoms with Crippen LogP contribution < -0.4 is 15.8 Å². The third kappa shape index (κ3) is 4.82. The van der Waals surface area contributed by atoms with Gasteiger partial charge in [0.15, 0.2) is 11.6 Å². The van der Waals surface area contributed by atoms with E-state index in [0.29, 0.717) is 18.4 Å². The molecule has 1 amide bonds. The Labute approximate surface area is 152 Å². The first-order valence-corrected chi connectivity index (χ1v) is 8.65. The van der Waals surface area contributed by atoms with Gasteiger partial charge in [0.2, 0.25) is 5.91 Å². The van der Waals surface area contributed by atoms with Gasteiger partial charge < -0.3 is 15.8 Å². The molecule has 25 heavy (non-hydrogen) atoms. The normalized spacial score (nSPS) is 28.0. The molecule has 2 fully saturated rings. The molecule has 0 heterocycles. The Morgan fingerprint density at radius 3 is 2.56 bits per heavy atom. The van der Waals surface area contributed by atoms with Crippen LogP contribution in [0.3, 0.4) is 0 Å². The first kappa shape index (κ1) is 19.9. The highest BCUT2D eigenvalue weighted by Gasteiger charge is 2.40. The lowest BCUT2D eigenvalue weighted by atomic mass is 9.65. The summed E-state index contributed by atoms with van der Waals surface area (Å²) in [6.07, 6.45) is 5.17. The number of carbonyl (C=O) groups excluding carboxylic acids is 1. The molecule has 2 aliphatic carbocycles. The molecule has 0 saturated heterocycles. The van der Waals surface area contributed by atoms with Crippen molar-refractivity contribution in [3.8, 4) is 5.75 Å². The van der Waals surface area contributed by atoms with Crippen LogP contribution in [0.25, 0.3) is 0 Å². The molecule has 0 spiro atoms. The minimum Gasteiger partial charge on any atom is -0.489 e. The van der Waals surface area contributed by atoms with Crippen molar-refractivity contribution in [1.82, 2.24) is 5.32 Å². The van der Waals surface area contributed by atoms with Crippen LogP contribution in [0.4, 0.5) is 8.78 Å². The number of amides is 1. The van der Waals surface area contributed by atoms with E-state index in [4.69, 9.17) is 10.5 Å². The summed E-state index contributed by atoms with van der Waals surface area (Å²) in [6.45, 7) is 0.445. The number of nitrogens with two attached hydrogens (primary N) is 1. The zero-order valence-electron chi connectivity index (χ0n) is 14.0. The van der Waals surface area contributed by atoms with Crippen molar-refractivity contribution in [3.63, 3.8) is 0 Å². The average Bonchev–Trinajstić information content (AvgIpc) is 2.52. The standard InChI is InChI=1S/C18H24F2N2O2.ClH/c19-14-4-5-16(15(20)10-14)24-7-6-22-18(23)13-8-11-2-1-3-12(9-13)17(11)21;/h4-5,10-13,17H,1-3,6-9,21H2,(H,22,23);1H. The molecule has 2 unspecified atom stereocenters. The lowest BCUT2D eigenvalue weighted by molar-refractivity contribution is -0.128. The maximum Gasteiger partial charge on any atom is 0.223 e. The molecule has 1 aromatic rings. The lowest BCUT2D eigenvalue weighted by Gasteiger charge is -2.43. The fraction of sp³-hybridized carbons (Fsp3) is 0.611. The predicted octanol–water partition coefficient (Wildman–Crippen LogP) is 3.04. The molecule has 3 rings (SSSR count). The summed E-state index contributed by atoms with van der Waals surface area (Å²) in [5.74, 6) is -0.436. The third-order valence-corrected chi connectivity index (χ3v) is 5.34. The number of fused-ring (bicyclic) bond motifs is 2. The van der Waals surface area contributed by atoms with Crippen molar-refractivity contribution in [1.29, 1.82) is 0 Å². The second-order valence-corrected chi connectivity index (χ2v) is 6.91. The quantitative estimate of drug-likeness (QED) is 0.778. The zero-order chi connectivity index (χ0) is 17.1. The monoisotopic (exact) mass is 374 g/mol. The fourth-order valence-electron chi connectivity index (χ4n) is 4.08. The predicted molar refractivity (Wildman–Crippen MR) is 93.6 cm³/mol. The van der Waals surface area contributed by atoms with Gasteiger partial charge in [0, 0.05) is 18.0 Å². The highest BCUT2D eigenvalue weighted by molar-refractivity contribution is 5.85. The first-order valence-electron chi connectivity index (χ1n) is 8.65. The van der Waals surface area contributed by atoms with E-state index in [1.807, 2.05) is 0 Å². The molecule has 4 nitrogen and oxygen atoms in total. The van der Waals surface area contributed by atoms with E-state index in [1.54, 1.807) is 0 Å². The maximum absolute atomic E-state index is 13.4. The number of carbonyl (C=O) groups is 1. The van der Waals surface area contributed by atoms with Crippen LogP contribution in [0.15, 0.2) is 18.2 Å². The van der Waals surface area contributed by atoms with Crippen LogP contribution in [-0.4, -0.2) is 25.1 Å². The summed E-state index contributed by atoms with van der Waals surface area (Å²) < 4.78 is 31.5. The summed E-state index contributed by atoms with van der Waals surface area (Å²) in [5, 5.41) is 2.86. The Bertz CT molecular complexity index is 588. The van der Waals surface area contributed by atoms with Gasteiger partial charge >= 0.3 is 0 Å². The zero-order valence-corrected chi connectivity index (χ0v) is 14.9. The molecule has 3 N–H and O–H groups in total. The molecule has 2 bridgehead atoms. The number of nitrogens with one attached hydrogen (secondary N) is 1. The van der Waals surface area contributed by atoms with E-state index in [1.165, 1.54) is 12.5 Å². The Hall–Kier alpha value is -1.40. The Kier molecular flexibility index (Phi) is 7.02. The van der Waals surface area contributed by atoms with Crippen LogP contribution in [0.5, 0.6) is 5.75 Å². The van der Waals surface area contributed by atoms with Crippen molar-refractivity contribution in [2.45, 2.75) is 38.1 Å². The van der Waals surface area contributed by atoms with E-state index in [9.17, 15) is 13.6 Å². The Morgan fingerprint density at radius 1 is 1.24 bits per heavy atom. The molecule has 0 radical (unpaired) electrons. The summed E-state index contributed by atoms with van der Waals surface area (Å²) in [5.41, 5.74) is 6.24. The average molecular weight is 375 g/mol. The number of benzene rings is 1. The van der Waals surface area contributed by atoms with E-state index in [0.717, 1.165) is 37.8 Å². The van der Waals surface area contributed by atoms with Gasteiger partial charge in [0.05, 0.1) is 6.54 Å². The minimum absolute atomic E-state index is 0. The lowest BCUT2D eigenvalue weighted by Crippen LogP contribution is -2.49. The molecule has 2 saturated carbocycles. The fourth-order valence-corrected chi connectivity index (χ4v) is 4.08. The van der Waals surface area contributed by atoms with Crippen molar-refractivity contribution in [2.75, 3.05) is 13.2 Å². The van der Waals surface area contributed by atoms with Gasteiger partial charge in [-0.05, 0) is 49.7 Å². The number of rotatable bonds is 5. The van der Waals surface area contributed by atoms with E-state index < -0.39 is 11.6 Å². The maximum atomic E-state index is 13.4. The summed E-state index contributed by atoms with van der Waals surface area (Å²) in [4.78, 5) is 12.3. The Morgan fingerprint density at radius 2 is 1.92 bits per heavy atom. The highest BCUT2D eigenvalue weighted by Crippen LogP contribution is 2.41. The smallest absolute Gasteiger partial charge is 0.223 e. The summed E-state index contributed by atoms with van der Waals surface area (Å²) >= 11 is 0. The van der Waals surface area contributed by atoms with Crippen molar-refractivity contribution >= 4 is 18.3 Å². The molecule has 1 aromatic carbocycles. The molecular formula is C18H25ClF2N2O2. The largest absolute Gasteiger partial charge is 0.489 e. The summed E-state index contributed by atoms with van der Waals surface area (Å²) in [6, 6.07) is 3.40. The van der Waals surface area contributed by atoms with Crippen molar-refractivity contribution < 1.29 is 18.3 Å². The molecule has 2 aliphatic rings. The van der Waals surface area contributed by atoms with E-state index in [-0.39, 0.29) is 42.6 Å². The third-order valence-electron chi connectivity index (χ3n) is 5.34.